The fourth-order valence-electron chi connectivity index (χ4n) is 2.70. The SMILES string of the molecule is CCC(C)C(NCc1ccc(C=N)c2ccccc12)C(N)=O. The first kappa shape index (κ1) is 16.2. The fraction of sp³-hybridized carbons (Fsp3) is 0.333. The van der Waals surface area contributed by atoms with Crippen LogP contribution in [0.3, 0.4) is 0 Å². The Morgan fingerprint density at radius 2 is 1.95 bits per heavy atom. The number of primary amides is 1. The number of hydrogen-bond donors (Lipinski definition) is 3. The van der Waals surface area contributed by atoms with Crippen molar-refractivity contribution in [1.82, 2.24) is 5.32 Å². The van der Waals surface area contributed by atoms with Crippen molar-refractivity contribution in [3.05, 3.63) is 47.5 Å². The van der Waals surface area contributed by atoms with E-state index in [2.05, 4.69) is 12.2 Å². The standard InChI is InChI=1S/C18H23N3O/c1-3-12(2)17(18(20)22)21-11-14-9-8-13(10-19)15-6-4-5-7-16(14)15/h4-10,12,17,19,21H,3,11H2,1-2H3,(H2,20,22). The molecule has 0 heterocycles. The van der Waals surface area contributed by atoms with E-state index >= 15 is 0 Å². The second kappa shape index (κ2) is 7.18. The summed E-state index contributed by atoms with van der Waals surface area (Å²) in [6.45, 7) is 4.66. The largest absolute Gasteiger partial charge is 0.368 e. The van der Waals surface area contributed by atoms with E-state index in [1.54, 1.807) is 0 Å². The minimum atomic E-state index is -0.328. The molecular weight excluding hydrogens is 274 g/mol. The molecule has 2 rings (SSSR count). The monoisotopic (exact) mass is 297 g/mol. The molecule has 0 radical (unpaired) electrons. The molecule has 4 nitrogen and oxygen atoms in total. The molecule has 22 heavy (non-hydrogen) atoms. The van der Waals surface area contributed by atoms with Crippen LogP contribution in [-0.4, -0.2) is 18.2 Å². The van der Waals surface area contributed by atoms with Crippen molar-refractivity contribution < 1.29 is 4.79 Å². The molecule has 1 amide bonds. The number of carbonyl (C=O) groups excluding carboxylic acids is 1. The molecule has 0 saturated heterocycles. The van der Waals surface area contributed by atoms with Crippen LogP contribution >= 0.6 is 0 Å². The Morgan fingerprint density at radius 3 is 2.55 bits per heavy atom. The summed E-state index contributed by atoms with van der Waals surface area (Å²) in [5.41, 5.74) is 7.51. The summed E-state index contributed by atoms with van der Waals surface area (Å²) in [4.78, 5) is 11.6. The van der Waals surface area contributed by atoms with Gasteiger partial charge >= 0.3 is 0 Å². The summed E-state index contributed by atoms with van der Waals surface area (Å²) in [5, 5.41) is 12.9. The van der Waals surface area contributed by atoms with Gasteiger partial charge in [-0.3, -0.25) is 4.79 Å². The van der Waals surface area contributed by atoms with Crippen LogP contribution in [0.25, 0.3) is 10.8 Å². The number of fused-ring (bicyclic) bond motifs is 1. The number of hydrogen-bond acceptors (Lipinski definition) is 3. The van der Waals surface area contributed by atoms with E-state index in [4.69, 9.17) is 11.1 Å². The normalized spacial score (nSPS) is 13.7. The Hall–Kier alpha value is -2.20. The van der Waals surface area contributed by atoms with Crippen LogP contribution in [0.5, 0.6) is 0 Å². The Labute approximate surface area is 131 Å². The van der Waals surface area contributed by atoms with Crippen LogP contribution in [-0.2, 0) is 11.3 Å². The Balaban J connectivity index is 2.28. The average molecular weight is 297 g/mol. The lowest BCUT2D eigenvalue weighted by atomic mass is 9.97. The van der Waals surface area contributed by atoms with Crippen LogP contribution in [0.15, 0.2) is 36.4 Å². The summed E-state index contributed by atoms with van der Waals surface area (Å²) < 4.78 is 0. The first-order valence-electron chi connectivity index (χ1n) is 7.62. The summed E-state index contributed by atoms with van der Waals surface area (Å²) in [6.07, 6.45) is 2.26. The highest BCUT2D eigenvalue weighted by Gasteiger charge is 2.21. The maximum absolute atomic E-state index is 11.6. The minimum Gasteiger partial charge on any atom is -0.368 e. The Bertz CT molecular complexity index is 681. The Morgan fingerprint density at radius 1 is 1.27 bits per heavy atom. The number of carbonyl (C=O) groups is 1. The zero-order valence-electron chi connectivity index (χ0n) is 13.1. The van der Waals surface area contributed by atoms with Gasteiger partial charge in [0.1, 0.15) is 0 Å². The maximum Gasteiger partial charge on any atom is 0.234 e. The highest BCUT2D eigenvalue weighted by molar-refractivity contribution is 6.00. The van der Waals surface area contributed by atoms with Crippen molar-refractivity contribution in [2.45, 2.75) is 32.9 Å². The van der Waals surface area contributed by atoms with Crippen molar-refractivity contribution in [3.63, 3.8) is 0 Å². The molecule has 2 aromatic carbocycles. The molecule has 0 aliphatic carbocycles. The molecule has 0 spiro atoms. The lowest BCUT2D eigenvalue weighted by Gasteiger charge is -2.21. The third kappa shape index (κ3) is 3.34. The van der Waals surface area contributed by atoms with Crippen LogP contribution < -0.4 is 11.1 Å². The molecule has 0 aliphatic heterocycles. The van der Waals surface area contributed by atoms with Crippen LogP contribution in [0, 0.1) is 11.3 Å². The predicted octanol–water partition coefficient (Wildman–Crippen LogP) is 2.83. The summed E-state index contributed by atoms with van der Waals surface area (Å²) in [6, 6.07) is 11.6. The van der Waals surface area contributed by atoms with Crippen LogP contribution in [0.1, 0.15) is 31.4 Å². The highest BCUT2D eigenvalue weighted by atomic mass is 16.1. The van der Waals surface area contributed by atoms with Gasteiger partial charge in [0.05, 0.1) is 6.04 Å². The first-order valence-corrected chi connectivity index (χ1v) is 7.62. The number of benzene rings is 2. The van der Waals surface area contributed by atoms with Crippen molar-refractivity contribution in [1.29, 1.82) is 5.41 Å². The Kier molecular flexibility index (Phi) is 5.28. The number of amides is 1. The van der Waals surface area contributed by atoms with Gasteiger partial charge in [-0.15, -0.1) is 0 Å². The second-order valence-electron chi connectivity index (χ2n) is 5.65. The summed E-state index contributed by atoms with van der Waals surface area (Å²) in [5.74, 6) is -0.112. The third-order valence-electron chi connectivity index (χ3n) is 4.24. The molecule has 0 bridgehead atoms. The number of rotatable bonds is 7. The average Bonchev–Trinajstić information content (AvgIpc) is 2.54. The van der Waals surface area contributed by atoms with Crippen LogP contribution in [0.4, 0.5) is 0 Å². The second-order valence-corrected chi connectivity index (χ2v) is 5.65. The zero-order chi connectivity index (χ0) is 16.1. The smallest absolute Gasteiger partial charge is 0.234 e. The molecule has 4 heteroatoms. The van der Waals surface area contributed by atoms with Crippen molar-refractivity contribution >= 4 is 22.9 Å². The predicted molar refractivity (Wildman–Crippen MR) is 91.1 cm³/mol. The van der Waals surface area contributed by atoms with E-state index in [-0.39, 0.29) is 17.9 Å². The number of nitrogens with two attached hydrogens (primary N) is 1. The lowest BCUT2D eigenvalue weighted by Crippen LogP contribution is -2.45. The molecule has 2 aromatic rings. The van der Waals surface area contributed by atoms with Gasteiger partial charge < -0.3 is 16.5 Å². The third-order valence-corrected chi connectivity index (χ3v) is 4.24. The number of nitrogens with one attached hydrogen (secondary N) is 2. The highest BCUT2D eigenvalue weighted by Crippen LogP contribution is 2.22. The molecule has 4 N–H and O–H groups in total. The van der Waals surface area contributed by atoms with Crippen molar-refractivity contribution in [2.24, 2.45) is 11.7 Å². The van der Waals surface area contributed by atoms with Gasteiger partial charge in [0.25, 0.3) is 0 Å². The zero-order valence-corrected chi connectivity index (χ0v) is 13.1. The maximum atomic E-state index is 11.6. The van der Waals surface area contributed by atoms with E-state index in [0.717, 1.165) is 28.3 Å². The van der Waals surface area contributed by atoms with E-state index < -0.39 is 0 Å². The summed E-state index contributed by atoms with van der Waals surface area (Å²) >= 11 is 0. The van der Waals surface area contributed by atoms with Gasteiger partial charge in [-0.25, -0.2) is 0 Å². The van der Waals surface area contributed by atoms with E-state index in [0.29, 0.717) is 6.54 Å². The molecule has 0 aliphatic rings. The summed E-state index contributed by atoms with van der Waals surface area (Å²) in [7, 11) is 0. The van der Waals surface area contributed by atoms with Gasteiger partial charge in [0.2, 0.25) is 5.91 Å². The van der Waals surface area contributed by atoms with Gasteiger partial charge in [-0.1, -0.05) is 56.7 Å². The van der Waals surface area contributed by atoms with Crippen molar-refractivity contribution in [2.75, 3.05) is 0 Å². The van der Waals surface area contributed by atoms with Crippen LogP contribution in [0.2, 0.25) is 0 Å². The van der Waals surface area contributed by atoms with E-state index in [9.17, 15) is 4.79 Å². The minimum absolute atomic E-state index is 0.199. The molecule has 0 aromatic heterocycles. The quantitative estimate of drug-likeness (QED) is 0.687. The van der Waals surface area contributed by atoms with Gasteiger partial charge in [0, 0.05) is 12.8 Å². The first-order chi connectivity index (χ1) is 10.6. The molecule has 0 fully saturated rings. The molecule has 2 atom stereocenters. The molecule has 116 valence electrons. The van der Waals surface area contributed by atoms with E-state index in [1.165, 1.54) is 6.21 Å². The van der Waals surface area contributed by atoms with Gasteiger partial charge in [-0.2, -0.15) is 0 Å². The lowest BCUT2D eigenvalue weighted by molar-refractivity contribution is -0.121. The molecule has 0 saturated carbocycles. The fourth-order valence-corrected chi connectivity index (χ4v) is 2.70. The topological polar surface area (TPSA) is 79.0 Å². The van der Waals surface area contributed by atoms with Gasteiger partial charge in [-0.05, 0) is 27.8 Å². The van der Waals surface area contributed by atoms with E-state index in [1.807, 2.05) is 43.3 Å². The molecular formula is C18H23N3O. The van der Waals surface area contributed by atoms with Crippen molar-refractivity contribution in [3.8, 4) is 0 Å². The molecule has 2 unspecified atom stereocenters. The van der Waals surface area contributed by atoms with Gasteiger partial charge in [0.15, 0.2) is 0 Å².